The van der Waals surface area contributed by atoms with Crippen molar-refractivity contribution >= 4 is 58.5 Å². The molecule has 130 valence electrons. The van der Waals surface area contributed by atoms with Crippen molar-refractivity contribution in [1.29, 1.82) is 10.8 Å². The highest BCUT2D eigenvalue weighted by Gasteiger charge is 2.15. The minimum atomic E-state index is 0. The molecule has 0 aliphatic heterocycles. The highest BCUT2D eigenvalue weighted by molar-refractivity contribution is 8.00. The van der Waals surface area contributed by atoms with E-state index in [1.807, 2.05) is 42.0 Å². The van der Waals surface area contributed by atoms with Crippen LogP contribution in [-0.2, 0) is 0 Å². The first kappa shape index (κ1) is 19.5. The maximum atomic E-state index is 7.61. The second-order valence-electron chi connectivity index (χ2n) is 4.96. The lowest BCUT2D eigenvalue weighted by Crippen LogP contribution is -2.10. The Morgan fingerprint density at radius 2 is 1.80 bits per heavy atom. The number of thioether (sulfide) groups is 1. The minimum absolute atomic E-state index is 0. The standard InChI is InChI=1S/C16H15N5S3.ClH/c1-22-16-10(6-12(24-16)14(19)20)15-21-11(7-23-15)8-2-4-9(5-3-8)13(17)18;/h2-7H,1H3,(H3,17,18)(H3,19,20);1H. The number of amidine groups is 2. The van der Waals surface area contributed by atoms with Crippen molar-refractivity contribution < 1.29 is 0 Å². The molecule has 0 saturated heterocycles. The van der Waals surface area contributed by atoms with Gasteiger partial charge in [-0.1, -0.05) is 24.3 Å². The smallest absolute Gasteiger partial charge is 0.133 e. The van der Waals surface area contributed by atoms with Gasteiger partial charge in [0.15, 0.2) is 0 Å². The monoisotopic (exact) mass is 409 g/mol. The molecule has 0 unspecified atom stereocenters. The zero-order valence-electron chi connectivity index (χ0n) is 13.2. The lowest BCUT2D eigenvalue weighted by molar-refractivity contribution is 1.38. The number of halogens is 1. The summed E-state index contributed by atoms with van der Waals surface area (Å²) in [6.45, 7) is 0. The Balaban J connectivity index is 0.00000225. The Kier molecular flexibility index (Phi) is 6.23. The quantitative estimate of drug-likeness (QED) is 0.286. The average molecular weight is 410 g/mol. The molecule has 5 nitrogen and oxygen atoms in total. The average Bonchev–Trinajstić information content (AvgIpc) is 3.21. The van der Waals surface area contributed by atoms with E-state index in [4.69, 9.17) is 27.3 Å². The van der Waals surface area contributed by atoms with E-state index in [9.17, 15) is 0 Å². The van der Waals surface area contributed by atoms with Crippen LogP contribution in [0.4, 0.5) is 0 Å². The van der Waals surface area contributed by atoms with Crippen molar-refractivity contribution in [2.45, 2.75) is 4.21 Å². The van der Waals surface area contributed by atoms with Gasteiger partial charge in [-0.15, -0.1) is 46.8 Å². The third kappa shape index (κ3) is 4.04. The fourth-order valence-corrected chi connectivity index (χ4v) is 4.87. The summed E-state index contributed by atoms with van der Waals surface area (Å²) in [5.41, 5.74) is 14.7. The summed E-state index contributed by atoms with van der Waals surface area (Å²) >= 11 is 4.72. The number of hydrogen-bond donors (Lipinski definition) is 4. The molecule has 3 aromatic rings. The van der Waals surface area contributed by atoms with Crippen molar-refractivity contribution in [3.05, 3.63) is 46.2 Å². The van der Waals surface area contributed by atoms with Gasteiger partial charge in [0.1, 0.15) is 16.7 Å². The van der Waals surface area contributed by atoms with Crippen LogP contribution in [-0.4, -0.2) is 22.9 Å². The van der Waals surface area contributed by atoms with Crippen molar-refractivity contribution in [1.82, 2.24) is 4.98 Å². The molecule has 2 aromatic heterocycles. The lowest BCUT2D eigenvalue weighted by atomic mass is 10.1. The zero-order chi connectivity index (χ0) is 17.3. The third-order valence-electron chi connectivity index (χ3n) is 3.38. The van der Waals surface area contributed by atoms with E-state index in [2.05, 4.69) is 0 Å². The molecule has 0 radical (unpaired) electrons. The number of aromatic nitrogens is 1. The van der Waals surface area contributed by atoms with E-state index in [0.717, 1.165) is 30.9 Å². The number of rotatable bonds is 5. The number of thiazole rings is 1. The first-order valence-electron chi connectivity index (χ1n) is 6.92. The molecule has 0 amide bonds. The van der Waals surface area contributed by atoms with Gasteiger partial charge < -0.3 is 11.5 Å². The van der Waals surface area contributed by atoms with Gasteiger partial charge in [-0.3, -0.25) is 10.8 Å². The van der Waals surface area contributed by atoms with E-state index < -0.39 is 0 Å². The zero-order valence-corrected chi connectivity index (χ0v) is 16.5. The summed E-state index contributed by atoms with van der Waals surface area (Å²) in [5.74, 6) is 0.137. The first-order valence-corrected chi connectivity index (χ1v) is 9.84. The molecule has 0 bridgehead atoms. The normalized spacial score (nSPS) is 10.3. The number of nitrogens with two attached hydrogens (primary N) is 2. The highest BCUT2D eigenvalue weighted by atomic mass is 35.5. The molecule has 1 aromatic carbocycles. The number of nitrogen functional groups attached to an aromatic ring is 2. The van der Waals surface area contributed by atoms with Crippen molar-refractivity contribution in [2.75, 3.05) is 6.26 Å². The summed E-state index contributed by atoms with van der Waals surface area (Å²) in [7, 11) is 0. The van der Waals surface area contributed by atoms with E-state index in [-0.39, 0.29) is 24.1 Å². The number of thiophene rings is 1. The maximum Gasteiger partial charge on any atom is 0.133 e. The molecule has 25 heavy (non-hydrogen) atoms. The SMILES string of the molecule is CSc1sc(C(=N)N)cc1-c1nc(-c2ccc(C(=N)N)cc2)cs1.Cl. The van der Waals surface area contributed by atoms with Gasteiger partial charge in [0.2, 0.25) is 0 Å². The van der Waals surface area contributed by atoms with E-state index >= 15 is 0 Å². The largest absolute Gasteiger partial charge is 0.384 e. The minimum Gasteiger partial charge on any atom is -0.384 e. The van der Waals surface area contributed by atoms with Crippen LogP contribution < -0.4 is 11.5 Å². The van der Waals surface area contributed by atoms with Gasteiger partial charge in [-0.25, -0.2) is 4.98 Å². The summed E-state index contributed by atoms with van der Waals surface area (Å²) < 4.78 is 1.10. The van der Waals surface area contributed by atoms with Crippen LogP contribution in [0.3, 0.4) is 0 Å². The molecular formula is C16H16ClN5S3. The van der Waals surface area contributed by atoms with Crippen LogP contribution in [0.15, 0.2) is 39.9 Å². The van der Waals surface area contributed by atoms with Crippen LogP contribution in [0.25, 0.3) is 21.8 Å². The van der Waals surface area contributed by atoms with Gasteiger partial charge >= 0.3 is 0 Å². The molecule has 0 aliphatic rings. The van der Waals surface area contributed by atoms with E-state index in [1.54, 1.807) is 23.1 Å². The Labute approximate surface area is 163 Å². The second kappa shape index (κ2) is 8.01. The van der Waals surface area contributed by atoms with Crippen LogP contribution in [0, 0.1) is 10.8 Å². The van der Waals surface area contributed by atoms with Gasteiger partial charge in [0, 0.05) is 22.1 Å². The molecule has 0 atom stereocenters. The van der Waals surface area contributed by atoms with Gasteiger partial charge in [-0.2, -0.15) is 0 Å². The second-order valence-corrected chi connectivity index (χ2v) is 7.94. The first-order chi connectivity index (χ1) is 11.5. The maximum absolute atomic E-state index is 7.61. The van der Waals surface area contributed by atoms with Gasteiger partial charge in [0.25, 0.3) is 0 Å². The van der Waals surface area contributed by atoms with Gasteiger partial charge in [0.05, 0.1) is 14.8 Å². The molecule has 0 saturated carbocycles. The molecule has 0 spiro atoms. The van der Waals surface area contributed by atoms with Crippen molar-refractivity contribution in [3.63, 3.8) is 0 Å². The number of benzene rings is 1. The van der Waals surface area contributed by atoms with Crippen LogP contribution in [0.1, 0.15) is 10.4 Å². The predicted molar refractivity (Wildman–Crippen MR) is 112 cm³/mol. The fourth-order valence-electron chi connectivity index (χ4n) is 2.16. The molecule has 0 aliphatic carbocycles. The van der Waals surface area contributed by atoms with E-state index in [1.165, 1.54) is 11.3 Å². The summed E-state index contributed by atoms with van der Waals surface area (Å²) in [5, 5.41) is 18.0. The Morgan fingerprint density at radius 3 is 2.36 bits per heavy atom. The molecule has 2 heterocycles. The number of nitrogens with zero attached hydrogens (tertiary/aromatic N) is 1. The topological polar surface area (TPSA) is 113 Å². The molecule has 9 heteroatoms. The Morgan fingerprint density at radius 1 is 1.12 bits per heavy atom. The lowest BCUT2D eigenvalue weighted by Gasteiger charge is -2.00. The Hall–Kier alpha value is -1.87. The predicted octanol–water partition coefficient (Wildman–Crippen LogP) is 4.25. The van der Waals surface area contributed by atoms with E-state index in [0.29, 0.717) is 5.56 Å². The summed E-state index contributed by atoms with van der Waals surface area (Å²) in [4.78, 5) is 5.48. The van der Waals surface area contributed by atoms with Gasteiger partial charge in [-0.05, 0) is 12.3 Å². The number of nitrogens with one attached hydrogen (secondary N) is 2. The summed E-state index contributed by atoms with van der Waals surface area (Å²) in [6.07, 6.45) is 2.01. The number of hydrogen-bond acceptors (Lipinski definition) is 6. The van der Waals surface area contributed by atoms with Crippen LogP contribution in [0.2, 0.25) is 0 Å². The molecule has 3 rings (SSSR count). The van der Waals surface area contributed by atoms with Crippen LogP contribution in [0.5, 0.6) is 0 Å². The van der Waals surface area contributed by atoms with Crippen molar-refractivity contribution in [3.8, 4) is 21.8 Å². The molecule has 0 fully saturated rings. The fraction of sp³-hybridized carbons (Fsp3) is 0.0625. The molecular weight excluding hydrogens is 394 g/mol. The highest BCUT2D eigenvalue weighted by Crippen LogP contribution is 2.40. The molecule has 6 N–H and O–H groups in total. The van der Waals surface area contributed by atoms with Crippen LogP contribution >= 0.6 is 46.8 Å². The summed E-state index contributed by atoms with van der Waals surface area (Å²) in [6, 6.07) is 9.41. The Bertz CT molecular complexity index is 914. The van der Waals surface area contributed by atoms with Crippen molar-refractivity contribution in [2.24, 2.45) is 11.5 Å². The third-order valence-corrected chi connectivity index (χ3v) is 6.55.